The van der Waals surface area contributed by atoms with E-state index in [-0.39, 0.29) is 17.9 Å². The van der Waals surface area contributed by atoms with Gasteiger partial charge in [0, 0.05) is 43.5 Å². The molecule has 3 heterocycles. The highest BCUT2D eigenvalue weighted by molar-refractivity contribution is 6.76. The SMILES string of the molecule is C[Si](C)(C)CCOCn1nnc2cc(C3(O)C4CCC3CC(OCc3c(-c5c(Cl)cccc5Cl)noc3C3CC3)C4)cnc21. The molecule has 9 nitrogen and oxygen atoms in total. The Labute approximate surface area is 268 Å². The number of aromatic nitrogens is 5. The first-order valence-electron chi connectivity index (χ1n) is 15.7. The summed E-state index contributed by atoms with van der Waals surface area (Å²) in [5, 5.41) is 26.3. The molecule has 0 radical (unpaired) electrons. The van der Waals surface area contributed by atoms with Crippen molar-refractivity contribution in [2.75, 3.05) is 6.61 Å². The monoisotopic (exact) mass is 655 g/mol. The van der Waals surface area contributed by atoms with Crippen molar-refractivity contribution in [3.8, 4) is 11.3 Å². The number of halogens is 2. The van der Waals surface area contributed by atoms with E-state index < -0.39 is 13.7 Å². The first-order valence-corrected chi connectivity index (χ1v) is 20.1. The van der Waals surface area contributed by atoms with Crippen molar-refractivity contribution >= 4 is 42.4 Å². The highest BCUT2D eigenvalue weighted by Crippen LogP contribution is 2.56. The average Bonchev–Trinajstić information content (AvgIpc) is 3.59. The summed E-state index contributed by atoms with van der Waals surface area (Å²) in [6, 6.07) is 8.50. The lowest BCUT2D eigenvalue weighted by Gasteiger charge is -2.42. The largest absolute Gasteiger partial charge is 0.385 e. The third-order valence-corrected chi connectivity index (χ3v) is 12.0. The van der Waals surface area contributed by atoms with Gasteiger partial charge in [0.05, 0.1) is 28.4 Å². The maximum Gasteiger partial charge on any atom is 0.180 e. The molecule has 44 heavy (non-hydrogen) atoms. The molecule has 3 aliphatic carbocycles. The van der Waals surface area contributed by atoms with Gasteiger partial charge < -0.3 is 19.1 Å². The van der Waals surface area contributed by atoms with Crippen molar-refractivity contribution in [3.63, 3.8) is 0 Å². The first kappa shape index (κ1) is 30.3. The Bertz CT molecular complexity index is 1630. The van der Waals surface area contributed by atoms with Gasteiger partial charge in [0.2, 0.25) is 0 Å². The third kappa shape index (κ3) is 5.73. The van der Waals surface area contributed by atoms with Gasteiger partial charge in [-0.05, 0) is 74.6 Å². The quantitative estimate of drug-likeness (QED) is 0.130. The zero-order chi connectivity index (χ0) is 30.6. The molecule has 2 atom stereocenters. The van der Waals surface area contributed by atoms with Crippen LogP contribution in [0.1, 0.15) is 61.3 Å². The van der Waals surface area contributed by atoms with Crippen molar-refractivity contribution in [2.45, 2.75) is 95.2 Å². The summed E-state index contributed by atoms with van der Waals surface area (Å²) in [6.45, 7) is 8.39. The van der Waals surface area contributed by atoms with Crippen LogP contribution in [0.15, 0.2) is 35.0 Å². The molecule has 3 saturated carbocycles. The molecule has 0 aliphatic heterocycles. The molecule has 0 amide bonds. The fourth-order valence-corrected chi connectivity index (χ4v) is 8.39. The summed E-state index contributed by atoms with van der Waals surface area (Å²) in [5.74, 6) is 1.36. The van der Waals surface area contributed by atoms with Crippen molar-refractivity contribution in [1.82, 2.24) is 25.1 Å². The van der Waals surface area contributed by atoms with Gasteiger partial charge in [-0.2, -0.15) is 0 Å². The van der Waals surface area contributed by atoms with Gasteiger partial charge in [0.15, 0.2) is 5.65 Å². The third-order valence-electron chi connectivity index (χ3n) is 9.66. The Morgan fingerprint density at radius 1 is 1.09 bits per heavy atom. The van der Waals surface area contributed by atoms with Gasteiger partial charge >= 0.3 is 0 Å². The molecule has 2 unspecified atom stereocenters. The molecule has 2 bridgehead atoms. The molecule has 3 fully saturated rings. The number of pyridine rings is 1. The van der Waals surface area contributed by atoms with Crippen molar-refractivity contribution in [1.29, 1.82) is 0 Å². The van der Waals surface area contributed by atoms with E-state index in [1.807, 2.05) is 24.3 Å². The number of aliphatic hydroxyl groups is 1. The van der Waals surface area contributed by atoms with E-state index in [1.54, 1.807) is 10.9 Å². The molecule has 7 rings (SSSR count). The lowest BCUT2D eigenvalue weighted by Crippen LogP contribution is -2.44. The maximum absolute atomic E-state index is 12.2. The van der Waals surface area contributed by atoms with Gasteiger partial charge in [0.25, 0.3) is 0 Å². The number of nitrogens with zero attached hydrogens (tertiary/aromatic N) is 5. The van der Waals surface area contributed by atoms with E-state index in [0.29, 0.717) is 58.3 Å². The molecular formula is C32H39Cl2N5O4Si. The highest BCUT2D eigenvalue weighted by Gasteiger charge is 2.55. The number of rotatable bonds is 11. The second-order valence-corrected chi connectivity index (χ2v) is 20.4. The molecule has 1 N–H and O–H groups in total. The maximum atomic E-state index is 12.2. The van der Waals surface area contributed by atoms with Gasteiger partial charge in [-0.25, -0.2) is 9.67 Å². The van der Waals surface area contributed by atoms with Crippen LogP contribution < -0.4 is 0 Å². The number of fused-ring (bicyclic) bond motifs is 3. The summed E-state index contributed by atoms with van der Waals surface area (Å²) in [6.07, 6.45) is 7.37. The van der Waals surface area contributed by atoms with E-state index in [1.165, 1.54) is 0 Å². The first-order chi connectivity index (χ1) is 21.1. The lowest BCUT2D eigenvalue weighted by molar-refractivity contribution is -0.116. The van der Waals surface area contributed by atoms with E-state index >= 15 is 0 Å². The zero-order valence-corrected chi connectivity index (χ0v) is 27.9. The summed E-state index contributed by atoms with van der Waals surface area (Å²) < 4.78 is 20.0. The van der Waals surface area contributed by atoms with Gasteiger partial charge in [-0.1, -0.05) is 59.3 Å². The van der Waals surface area contributed by atoms with Crippen molar-refractivity contribution < 1.29 is 19.1 Å². The zero-order valence-electron chi connectivity index (χ0n) is 25.4. The highest BCUT2D eigenvalue weighted by atomic mass is 35.5. The number of hydrogen-bond donors (Lipinski definition) is 1. The number of hydrogen-bond acceptors (Lipinski definition) is 8. The van der Waals surface area contributed by atoms with Crippen LogP contribution in [0.5, 0.6) is 0 Å². The Kier molecular flexibility index (Phi) is 8.12. The van der Waals surface area contributed by atoms with E-state index in [0.717, 1.165) is 61.5 Å². The molecule has 3 aliphatic rings. The van der Waals surface area contributed by atoms with Crippen LogP contribution in [0.4, 0.5) is 0 Å². The smallest absolute Gasteiger partial charge is 0.180 e. The van der Waals surface area contributed by atoms with Crippen molar-refractivity contribution in [3.05, 3.63) is 57.4 Å². The summed E-state index contributed by atoms with van der Waals surface area (Å²) in [5.41, 5.74) is 3.46. The Morgan fingerprint density at radius 3 is 2.50 bits per heavy atom. The van der Waals surface area contributed by atoms with Crippen LogP contribution in [-0.2, 0) is 28.4 Å². The van der Waals surface area contributed by atoms with E-state index in [9.17, 15) is 5.11 Å². The van der Waals surface area contributed by atoms with Crippen molar-refractivity contribution in [2.24, 2.45) is 11.8 Å². The number of ether oxygens (including phenoxy) is 2. The minimum atomic E-state index is -1.16. The predicted molar refractivity (Wildman–Crippen MR) is 171 cm³/mol. The number of benzene rings is 1. The summed E-state index contributed by atoms with van der Waals surface area (Å²) >= 11 is 13.1. The molecule has 3 aromatic heterocycles. The topological polar surface area (TPSA) is 108 Å². The van der Waals surface area contributed by atoms with Crippen LogP contribution >= 0.6 is 23.2 Å². The average molecular weight is 657 g/mol. The standard InChI is InChI=1S/C32H39Cl2N5O4Si/c1-44(2,3)12-11-41-18-39-31-27(36-38-39)15-22(16-35-31)32(40)20-9-10-21(32)14-23(13-20)42-17-24-29(37-43-30(24)19-7-8-19)28-25(33)5-4-6-26(28)34/h4-6,15-16,19-21,23,40H,7-14,17-18H2,1-3H3. The van der Waals surface area contributed by atoms with Crippen LogP contribution in [0.3, 0.4) is 0 Å². The molecule has 12 heteroatoms. The van der Waals surface area contributed by atoms with Gasteiger partial charge in [-0.3, -0.25) is 0 Å². The van der Waals surface area contributed by atoms with Crippen LogP contribution in [0, 0.1) is 11.8 Å². The molecule has 0 saturated heterocycles. The van der Waals surface area contributed by atoms with E-state index in [4.69, 9.17) is 42.2 Å². The Balaban J connectivity index is 1.05. The molecule has 0 spiro atoms. The lowest BCUT2D eigenvalue weighted by atomic mass is 9.70. The second-order valence-electron chi connectivity index (χ2n) is 13.9. The van der Waals surface area contributed by atoms with E-state index in [2.05, 4.69) is 35.1 Å². The predicted octanol–water partition coefficient (Wildman–Crippen LogP) is 7.57. The normalized spacial score (nSPS) is 25.3. The second kappa shape index (κ2) is 11.8. The van der Waals surface area contributed by atoms with Gasteiger partial charge in [-0.15, -0.1) is 5.10 Å². The molecule has 234 valence electrons. The van der Waals surface area contributed by atoms with Crippen LogP contribution in [-0.4, -0.2) is 51.0 Å². The molecular weight excluding hydrogens is 617 g/mol. The van der Waals surface area contributed by atoms with Crippen LogP contribution in [0.2, 0.25) is 35.7 Å². The minimum Gasteiger partial charge on any atom is -0.385 e. The molecule has 1 aromatic carbocycles. The fraction of sp³-hybridized carbons (Fsp3) is 0.562. The molecule has 4 aromatic rings. The van der Waals surface area contributed by atoms with Crippen LogP contribution in [0.25, 0.3) is 22.4 Å². The summed E-state index contributed by atoms with van der Waals surface area (Å²) in [7, 11) is -1.16. The Hall–Kier alpha value is -2.34. The fourth-order valence-electron chi connectivity index (χ4n) is 7.06. The summed E-state index contributed by atoms with van der Waals surface area (Å²) in [4.78, 5) is 4.70. The minimum absolute atomic E-state index is 0.00942. The Morgan fingerprint density at radius 2 is 1.82 bits per heavy atom. The van der Waals surface area contributed by atoms with Gasteiger partial charge in [0.1, 0.15) is 23.7 Å².